The molecule has 0 spiro atoms. The first-order chi connectivity index (χ1) is 6.57. The summed E-state index contributed by atoms with van der Waals surface area (Å²) < 4.78 is 0. The third-order valence-corrected chi connectivity index (χ3v) is 4.64. The zero-order valence-electron chi connectivity index (χ0n) is 9.62. The summed E-state index contributed by atoms with van der Waals surface area (Å²) in [6, 6.07) is 0.905. The van der Waals surface area contributed by atoms with Crippen molar-refractivity contribution in [3.63, 3.8) is 0 Å². The molecule has 0 aliphatic carbocycles. The highest BCUT2D eigenvalue weighted by molar-refractivity contribution is 8.00. The van der Waals surface area contributed by atoms with Crippen LogP contribution in [0.2, 0.25) is 0 Å². The van der Waals surface area contributed by atoms with Crippen molar-refractivity contribution in [2.24, 2.45) is 0 Å². The predicted octanol–water partition coefficient (Wildman–Crippen LogP) is 1.52. The Labute approximate surface area is 92.0 Å². The van der Waals surface area contributed by atoms with Gasteiger partial charge in [0.05, 0.1) is 0 Å². The first-order valence-electron chi connectivity index (χ1n) is 5.64. The van der Waals surface area contributed by atoms with E-state index in [0.29, 0.717) is 5.54 Å². The van der Waals surface area contributed by atoms with Gasteiger partial charge in [-0.1, -0.05) is 0 Å². The van der Waals surface area contributed by atoms with Crippen LogP contribution < -0.4 is 0 Å². The Morgan fingerprint density at radius 3 is 1.93 bits per heavy atom. The molecule has 0 aromatic heterocycles. The Balaban J connectivity index is 1.80. The normalized spacial score (nSPS) is 27.6. The van der Waals surface area contributed by atoms with Crippen molar-refractivity contribution in [2.45, 2.75) is 32.4 Å². The third-order valence-electron chi connectivity index (χ3n) is 3.40. The van der Waals surface area contributed by atoms with E-state index >= 15 is 0 Å². The van der Waals surface area contributed by atoms with Crippen LogP contribution in [0.15, 0.2) is 0 Å². The summed E-state index contributed by atoms with van der Waals surface area (Å²) in [5, 5.41) is 0. The van der Waals surface area contributed by atoms with Crippen LogP contribution in [-0.4, -0.2) is 59.1 Å². The zero-order valence-corrected chi connectivity index (χ0v) is 10.4. The van der Waals surface area contributed by atoms with Gasteiger partial charge < -0.3 is 0 Å². The lowest BCUT2D eigenvalue weighted by Gasteiger charge is -2.46. The van der Waals surface area contributed by atoms with Gasteiger partial charge in [0.15, 0.2) is 0 Å². The van der Waals surface area contributed by atoms with Crippen molar-refractivity contribution >= 4 is 11.8 Å². The van der Waals surface area contributed by atoms with Gasteiger partial charge in [0.25, 0.3) is 0 Å². The summed E-state index contributed by atoms with van der Waals surface area (Å²) in [6.07, 6.45) is 0. The fourth-order valence-corrected chi connectivity index (χ4v) is 3.06. The molecular formula is C11H22N2S. The minimum absolute atomic E-state index is 0.362. The molecule has 0 radical (unpaired) electrons. The molecule has 2 heterocycles. The van der Waals surface area contributed by atoms with Crippen LogP contribution in [0.25, 0.3) is 0 Å². The highest BCUT2D eigenvalue weighted by Gasteiger charge is 2.31. The number of thioether (sulfide) groups is 1. The van der Waals surface area contributed by atoms with E-state index in [9.17, 15) is 0 Å². The standard InChI is InChI=1S/C11H22N2S/c1-11(2,3)13-6-4-12(5-7-13)10-8-14-9-10/h10H,4-9H2,1-3H3. The fraction of sp³-hybridized carbons (Fsp3) is 1.00. The Morgan fingerprint density at radius 1 is 1.00 bits per heavy atom. The van der Waals surface area contributed by atoms with Gasteiger partial charge in [0.2, 0.25) is 0 Å². The molecule has 0 bridgehead atoms. The molecule has 2 aliphatic heterocycles. The van der Waals surface area contributed by atoms with E-state index in [4.69, 9.17) is 0 Å². The molecule has 0 saturated carbocycles. The number of rotatable bonds is 1. The second-order valence-electron chi connectivity index (χ2n) is 5.39. The van der Waals surface area contributed by atoms with Crippen molar-refractivity contribution < 1.29 is 0 Å². The summed E-state index contributed by atoms with van der Waals surface area (Å²) in [4.78, 5) is 5.29. The molecule has 2 saturated heterocycles. The lowest BCUT2D eigenvalue weighted by molar-refractivity contribution is 0.0488. The van der Waals surface area contributed by atoms with Gasteiger partial charge in [0.1, 0.15) is 0 Å². The molecule has 14 heavy (non-hydrogen) atoms. The van der Waals surface area contributed by atoms with Gasteiger partial charge in [-0.2, -0.15) is 11.8 Å². The summed E-state index contributed by atoms with van der Waals surface area (Å²) in [6.45, 7) is 12.0. The number of hydrogen-bond acceptors (Lipinski definition) is 3. The van der Waals surface area contributed by atoms with E-state index in [2.05, 4.69) is 42.3 Å². The summed E-state index contributed by atoms with van der Waals surface area (Å²) in [5.41, 5.74) is 0.362. The molecule has 0 aromatic carbocycles. The first-order valence-corrected chi connectivity index (χ1v) is 6.80. The quantitative estimate of drug-likeness (QED) is 0.653. The van der Waals surface area contributed by atoms with E-state index in [0.717, 1.165) is 6.04 Å². The van der Waals surface area contributed by atoms with Crippen LogP contribution in [0.5, 0.6) is 0 Å². The van der Waals surface area contributed by atoms with Crippen LogP contribution in [0.1, 0.15) is 20.8 Å². The Morgan fingerprint density at radius 2 is 1.57 bits per heavy atom. The molecule has 0 unspecified atom stereocenters. The number of hydrogen-bond donors (Lipinski definition) is 0. The smallest absolute Gasteiger partial charge is 0.0278 e. The van der Waals surface area contributed by atoms with E-state index in [1.165, 1.54) is 37.7 Å². The first kappa shape index (κ1) is 10.8. The third kappa shape index (κ3) is 2.26. The largest absolute Gasteiger partial charge is 0.296 e. The van der Waals surface area contributed by atoms with Gasteiger partial charge >= 0.3 is 0 Å². The van der Waals surface area contributed by atoms with Gasteiger partial charge in [-0.15, -0.1) is 0 Å². The molecule has 3 heteroatoms. The maximum absolute atomic E-state index is 2.68. The molecule has 82 valence electrons. The molecule has 0 N–H and O–H groups in total. The highest BCUT2D eigenvalue weighted by Crippen LogP contribution is 2.25. The topological polar surface area (TPSA) is 6.48 Å². The number of piperazine rings is 1. The molecule has 0 aromatic rings. The van der Waals surface area contributed by atoms with Gasteiger partial charge in [0, 0.05) is 49.3 Å². The van der Waals surface area contributed by atoms with Crippen LogP contribution in [-0.2, 0) is 0 Å². The van der Waals surface area contributed by atoms with Crippen molar-refractivity contribution in [2.75, 3.05) is 37.7 Å². The van der Waals surface area contributed by atoms with Crippen molar-refractivity contribution in [3.05, 3.63) is 0 Å². The average molecular weight is 214 g/mol. The Bertz CT molecular complexity index is 188. The minimum Gasteiger partial charge on any atom is -0.296 e. The van der Waals surface area contributed by atoms with E-state index in [-0.39, 0.29) is 0 Å². The Kier molecular flexibility index (Phi) is 3.10. The zero-order chi connectivity index (χ0) is 10.2. The molecule has 2 rings (SSSR count). The van der Waals surface area contributed by atoms with E-state index in [1.807, 2.05) is 0 Å². The maximum atomic E-state index is 2.68. The van der Waals surface area contributed by atoms with Gasteiger partial charge in [-0.25, -0.2) is 0 Å². The van der Waals surface area contributed by atoms with Crippen molar-refractivity contribution in [3.8, 4) is 0 Å². The molecular weight excluding hydrogens is 192 g/mol. The second kappa shape index (κ2) is 4.03. The molecule has 2 aliphatic rings. The summed E-state index contributed by atoms with van der Waals surface area (Å²) in [5.74, 6) is 2.74. The minimum atomic E-state index is 0.362. The second-order valence-corrected chi connectivity index (χ2v) is 6.46. The highest BCUT2D eigenvalue weighted by atomic mass is 32.2. The lowest BCUT2D eigenvalue weighted by Crippen LogP contribution is -2.57. The van der Waals surface area contributed by atoms with Crippen molar-refractivity contribution in [1.29, 1.82) is 0 Å². The fourth-order valence-electron chi connectivity index (χ4n) is 2.19. The van der Waals surface area contributed by atoms with Gasteiger partial charge in [-0.3, -0.25) is 9.80 Å². The Hall–Kier alpha value is 0.270. The summed E-state index contributed by atoms with van der Waals surface area (Å²) >= 11 is 2.09. The lowest BCUT2D eigenvalue weighted by atomic mass is 10.0. The van der Waals surface area contributed by atoms with Crippen molar-refractivity contribution in [1.82, 2.24) is 9.80 Å². The monoisotopic (exact) mass is 214 g/mol. The van der Waals surface area contributed by atoms with Crippen LogP contribution in [0.4, 0.5) is 0 Å². The average Bonchev–Trinajstić information content (AvgIpc) is 2.00. The van der Waals surface area contributed by atoms with E-state index in [1.54, 1.807) is 0 Å². The molecule has 2 nitrogen and oxygen atoms in total. The number of nitrogens with zero attached hydrogens (tertiary/aromatic N) is 2. The molecule has 0 amide bonds. The van der Waals surface area contributed by atoms with Crippen LogP contribution in [0.3, 0.4) is 0 Å². The van der Waals surface area contributed by atoms with Gasteiger partial charge in [-0.05, 0) is 20.8 Å². The molecule has 2 fully saturated rings. The van der Waals surface area contributed by atoms with Crippen LogP contribution in [0, 0.1) is 0 Å². The van der Waals surface area contributed by atoms with E-state index < -0.39 is 0 Å². The maximum Gasteiger partial charge on any atom is 0.0278 e. The SMILES string of the molecule is CC(C)(C)N1CCN(C2CSC2)CC1. The van der Waals surface area contributed by atoms with Crippen LogP contribution >= 0.6 is 11.8 Å². The molecule has 0 atom stereocenters. The summed E-state index contributed by atoms with van der Waals surface area (Å²) in [7, 11) is 0. The predicted molar refractivity (Wildman–Crippen MR) is 64.0 cm³/mol.